The average Bonchev–Trinajstić information content (AvgIpc) is 3.36. The Hall–Kier alpha value is -5.10. The minimum Gasteiger partial charge on any atom is -0.679 e. The van der Waals surface area contributed by atoms with E-state index in [1.54, 1.807) is 0 Å². The molecule has 0 saturated carbocycles. The molecule has 0 bridgehead atoms. The predicted molar refractivity (Wildman–Crippen MR) is 320 cm³/mol. The third-order valence-electron chi connectivity index (χ3n) is 13.6. The minimum absolute atomic E-state index is 0. The van der Waals surface area contributed by atoms with Crippen LogP contribution in [0, 0.1) is 0 Å². The molecule has 0 aliphatic carbocycles. The van der Waals surface area contributed by atoms with Crippen LogP contribution in [0.4, 0.5) is 22.7 Å². The van der Waals surface area contributed by atoms with Gasteiger partial charge in [-0.25, -0.2) is 0 Å². The molecule has 4 aromatic carbocycles. The molecule has 6 nitrogen and oxygen atoms in total. The van der Waals surface area contributed by atoms with Gasteiger partial charge in [-0.15, -0.1) is 11.4 Å². The molecule has 0 fully saturated rings. The van der Waals surface area contributed by atoms with Crippen LogP contribution >= 0.6 is 0 Å². The standard InChI is InChI=1S/2C31H42N3.C5H12.Fe/c2*1-20(2)26-14-10-15-27(21(3)4)30(26)32-18-24-12-9-13-25(34-24)19-33-31-28(22(5)6)16-11-17-29(31)23(7)8;1-3-5-4-2;/h2*9-17,20-23,32H,18-19H2,1-8H3;3-5H2,1-2H3;/q2*-1;;+2. The molecule has 7 heteroatoms. The largest absolute Gasteiger partial charge is 2.00 e. The van der Waals surface area contributed by atoms with Crippen LogP contribution in [0.3, 0.4) is 0 Å². The van der Waals surface area contributed by atoms with Crippen LogP contribution < -0.4 is 10.6 Å². The molecule has 0 atom stereocenters. The number of hydrogen-bond acceptors (Lipinski definition) is 4. The number of benzene rings is 4. The fourth-order valence-electron chi connectivity index (χ4n) is 9.36. The van der Waals surface area contributed by atoms with Gasteiger partial charge < -0.3 is 21.3 Å². The summed E-state index contributed by atoms with van der Waals surface area (Å²) in [5, 5.41) is 17.6. The van der Waals surface area contributed by atoms with Crippen LogP contribution in [-0.4, -0.2) is 9.97 Å². The van der Waals surface area contributed by atoms with Crippen LogP contribution in [0.2, 0.25) is 0 Å². The van der Waals surface area contributed by atoms with Crippen molar-refractivity contribution in [3.8, 4) is 0 Å². The van der Waals surface area contributed by atoms with E-state index in [9.17, 15) is 0 Å². The van der Waals surface area contributed by atoms with Gasteiger partial charge >= 0.3 is 17.1 Å². The van der Waals surface area contributed by atoms with Crippen molar-refractivity contribution in [1.82, 2.24) is 9.97 Å². The molecule has 2 N–H and O–H groups in total. The van der Waals surface area contributed by atoms with Gasteiger partial charge in [0.05, 0.1) is 24.5 Å². The van der Waals surface area contributed by atoms with Crippen LogP contribution in [0.25, 0.3) is 10.6 Å². The van der Waals surface area contributed by atoms with E-state index < -0.39 is 0 Å². The molecule has 6 aromatic rings. The van der Waals surface area contributed by atoms with Gasteiger partial charge in [0.1, 0.15) is 0 Å². The number of hydrogen-bond donors (Lipinski definition) is 2. The average molecular weight is 1040 g/mol. The normalized spacial score (nSPS) is 11.3. The number of pyridine rings is 2. The molecule has 0 radical (unpaired) electrons. The fourth-order valence-corrected chi connectivity index (χ4v) is 9.36. The summed E-state index contributed by atoms with van der Waals surface area (Å²) in [6.07, 6.45) is 4.08. The first-order valence-electron chi connectivity index (χ1n) is 28.0. The van der Waals surface area contributed by atoms with E-state index in [1.807, 2.05) is 0 Å². The van der Waals surface area contributed by atoms with Gasteiger partial charge in [-0.2, -0.15) is 0 Å². The first-order valence-corrected chi connectivity index (χ1v) is 28.0. The van der Waals surface area contributed by atoms with Gasteiger partial charge in [-0.3, -0.25) is 9.97 Å². The molecule has 0 saturated heterocycles. The fraction of sp³-hybridized carbons (Fsp3) is 0.493. The number of para-hydroxylation sites is 4. The van der Waals surface area contributed by atoms with Crippen molar-refractivity contribution in [2.75, 3.05) is 10.6 Å². The molecule has 6 rings (SSSR count). The summed E-state index contributed by atoms with van der Waals surface area (Å²) < 4.78 is 0. The number of aromatic nitrogens is 2. The van der Waals surface area contributed by atoms with Crippen molar-refractivity contribution in [2.45, 2.75) is 217 Å². The second-order valence-electron chi connectivity index (χ2n) is 22.4. The molecule has 0 aliphatic rings. The Labute approximate surface area is 462 Å². The third-order valence-corrected chi connectivity index (χ3v) is 13.6. The van der Waals surface area contributed by atoms with E-state index in [4.69, 9.17) is 20.6 Å². The Morgan fingerprint density at radius 2 is 0.568 bits per heavy atom. The maximum Gasteiger partial charge on any atom is 2.00 e. The summed E-state index contributed by atoms with van der Waals surface area (Å²) in [5.41, 5.74) is 19.6. The maximum absolute atomic E-state index is 5.07. The maximum atomic E-state index is 5.07. The van der Waals surface area contributed by atoms with E-state index >= 15 is 0 Å². The Balaban J connectivity index is 0.000000353. The zero-order chi connectivity index (χ0) is 53.8. The van der Waals surface area contributed by atoms with Crippen molar-refractivity contribution < 1.29 is 17.1 Å². The summed E-state index contributed by atoms with van der Waals surface area (Å²) in [7, 11) is 0. The molecule has 0 spiro atoms. The van der Waals surface area contributed by atoms with Gasteiger partial charge in [0.25, 0.3) is 0 Å². The second kappa shape index (κ2) is 31.7. The summed E-state index contributed by atoms with van der Waals surface area (Å²) in [4.78, 5) is 9.89. The van der Waals surface area contributed by atoms with Crippen LogP contribution in [-0.2, 0) is 43.2 Å². The Morgan fingerprint density at radius 1 is 0.338 bits per heavy atom. The van der Waals surface area contributed by atoms with Crippen molar-refractivity contribution in [3.05, 3.63) is 187 Å². The number of nitrogens with zero attached hydrogens (tertiary/aromatic N) is 4. The van der Waals surface area contributed by atoms with Gasteiger partial charge in [-0.05, 0) is 93.9 Å². The summed E-state index contributed by atoms with van der Waals surface area (Å²) in [5.74, 6) is 3.64. The van der Waals surface area contributed by atoms with Crippen molar-refractivity contribution in [1.29, 1.82) is 0 Å². The third kappa shape index (κ3) is 18.6. The minimum atomic E-state index is 0. The van der Waals surface area contributed by atoms with Crippen molar-refractivity contribution in [3.63, 3.8) is 0 Å². The van der Waals surface area contributed by atoms with Crippen molar-refractivity contribution in [2.24, 2.45) is 0 Å². The molecule has 2 heterocycles. The molecule has 2 aromatic heterocycles. The summed E-state index contributed by atoms with van der Waals surface area (Å²) in [6, 6.07) is 39.0. The van der Waals surface area contributed by atoms with Crippen LogP contribution in [0.5, 0.6) is 0 Å². The Bertz CT molecular complexity index is 2120. The number of unbranched alkanes of at least 4 members (excludes halogenated alkanes) is 2. The van der Waals surface area contributed by atoms with Crippen LogP contribution in [0.15, 0.2) is 109 Å². The van der Waals surface area contributed by atoms with E-state index in [2.05, 4.69) is 244 Å². The summed E-state index contributed by atoms with van der Waals surface area (Å²) >= 11 is 0. The van der Waals surface area contributed by atoms with Crippen molar-refractivity contribution >= 4 is 22.7 Å². The topological polar surface area (TPSA) is 78.0 Å². The molecule has 402 valence electrons. The zero-order valence-corrected chi connectivity index (χ0v) is 50.2. The Kier molecular flexibility index (Phi) is 27.1. The van der Waals surface area contributed by atoms with Gasteiger partial charge in [-0.1, -0.05) is 264 Å². The molecule has 0 aliphatic heterocycles. The van der Waals surface area contributed by atoms with E-state index in [1.165, 1.54) is 75.1 Å². The van der Waals surface area contributed by atoms with E-state index in [0.29, 0.717) is 73.5 Å². The number of nitrogens with one attached hydrogen (secondary N) is 2. The molecule has 74 heavy (non-hydrogen) atoms. The predicted octanol–water partition coefficient (Wildman–Crippen LogP) is 21.0. The number of anilines is 2. The first kappa shape index (κ1) is 63.2. The Morgan fingerprint density at radius 3 is 0.797 bits per heavy atom. The smallest absolute Gasteiger partial charge is 0.679 e. The SMILES string of the molecule is CC(C)c1cccc(C(C)C)c1[N-]Cc1cccc(CNc2c(C(C)C)cccc2C(C)C)n1.CC(C)c1cccc(C(C)C)c1[N-]Cc1cccc(CNc2c(C(C)C)cccc2C(C)C)n1.CCCCC.[Fe+2]. The molecular formula is C67H96FeN6. The number of rotatable bonds is 22. The van der Waals surface area contributed by atoms with Crippen LogP contribution in [0.1, 0.15) is 259 Å². The van der Waals surface area contributed by atoms with E-state index in [-0.39, 0.29) is 17.1 Å². The molecule has 0 amide bonds. The van der Waals surface area contributed by atoms with Gasteiger partial charge in [0.2, 0.25) is 0 Å². The van der Waals surface area contributed by atoms with Gasteiger partial charge in [0.15, 0.2) is 0 Å². The quantitative estimate of drug-likeness (QED) is 0.0664. The molecule has 0 unspecified atom stereocenters. The molecular weight excluding hydrogens is 945 g/mol. The van der Waals surface area contributed by atoms with Gasteiger partial charge in [0, 0.05) is 22.8 Å². The van der Waals surface area contributed by atoms with E-state index in [0.717, 1.165) is 34.2 Å². The zero-order valence-electron chi connectivity index (χ0n) is 49.1. The second-order valence-corrected chi connectivity index (χ2v) is 22.4. The monoisotopic (exact) mass is 1040 g/mol. The first-order chi connectivity index (χ1) is 34.8. The summed E-state index contributed by atoms with van der Waals surface area (Å²) in [6.45, 7) is 43.0.